The first kappa shape index (κ1) is 29.5. The smallest absolute Gasteiger partial charge is 0.346 e. The highest BCUT2D eigenvalue weighted by molar-refractivity contribution is 7.60. The number of carbonyl (C=O) groups is 2. The fourth-order valence-electron chi connectivity index (χ4n) is 4.02. The lowest BCUT2D eigenvalue weighted by molar-refractivity contribution is -0.150. The third kappa shape index (κ3) is 5.96. The third-order valence-corrected chi connectivity index (χ3v) is 11.8. The lowest BCUT2D eigenvalue weighted by Gasteiger charge is -2.43. The molecule has 0 aromatic heterocycles. The summed E-state index contributed by atoms with van der Waals surface area (Å²) >= 11 is 0. The van der Waals surface area contributed by atoms with Gasteiger partial charge in [-0.1, -0.05) is 27.7 Å². The highest BCUT2D eigenvalue weighted by Crippen LogP contribution is 2.68. The van der Waals surface area contributed by atoms with Gasteiger partial charge in [0.1, 0.15) is 0 Å². The van der Waals surface area contributed by atoms with E-state index >= 15 is 0 Å². The first-order valence-corrected chi connectivity index (χ1v) is 15.4. The van der Waals surface area contributed by atoms with Gasteiger partial charge in [-0.05, 0) is 39.5 Å². The maximum absolute atomic E-state index is 14.0. The summed E-state index contributed by atoms with van der Waals surface area (Å²) in [6.45, 7) is 11.1. The fourth-order valence-corrected chi connectivity index (χ4v) is 9.21. The SMILES string of the molecule is CCOC(=O)C(C(C(=O)OCC)P1(=O)OCC(CC)(CC)CO1)P1(=O)OCC(CC)(CC)CO1. The summed E-state index contributed by atoms with van der Waals surface area (Å²) < 4.78 is 61.1. The molecular weight excluding hydrogens is 486 g/mol. The lowest BCUT2D eigenvalue weighted by atomic mass is 9.84. The van der Waals surface area contributed by atoms with Gasteiger partial charge in [0.2, 0.25) is 0 Å². The third-order valence-electron chi connectivity index (χ3n) is 7.24. The van der Waals surface area contributed by atoms with Gasteiger partial charge in [0.25, 0.3) is 0 Å². The van der Waals surface area contributed by atoms with Crippen molar-refractivity contribution >= 4 is 27.1 Å². The Morgan fingerprint density at radius 3 is 1.12 bits per heavy atom. The van der Waals surface area contributed by atoms with E-state index in [1.807, 2.05) is 27.7 Å². The minimum absolute atomic E-state index is 0.0560. The van der Waals surface area contributed by atoms with Crippen molar-refractivity contribution in [3.8, 4) is 0 Å². The monoisotopic (exact) mass is 526 g/mol. The predicted octanol–water partition coefficient (Wildman–Crippen LogP) is 4.94. The van der Waals surface area contributed by atoms with Gasteiger partial charge in [-0.25, -0.2) is 0 Å². The molecule has 2 atom stereocenters. The second-order valence-electron chi connectivity index (χ2n) is 8.98. The molecule has 0 aliphatic carbocycles. The largest absolute Gasteiger partial charge is 0.465 e. The zero-order valence-corrected chi connectivity index (χ0v) is 23.0. The molecule has 0 saturated carbocycles. The number of hydrogen-bond acceptors (Lipinski definition) is 10. The lowest BCUT2D eigenvalue weighted by Crippen LogP contribution is -2.48. The van der Waals surface area contributed by atoms with Crippen LogP contribution in [0.25, 0.3) is 0 Å². The summed E-state index contributed by atoms with van der Waals surface area (Å²) in [7, 11) is -8.62. The molecule has 198 valence electrons. The quantitative estimate of drug-likeness (QED) is 0.270. The van der Waals surface area contributed by atoms with Gasteiger partial charge in [0, 0.05) is 10.8 Å². The molecule has 0 N–H and O–H groups in total. The summed E-state index contributed by atoms with van der Waals surface area (Å²) in [5, 5.41) is 0. The van der Waals surface area contributed by atoms with Gasteiger partial charge in [-0.15, -0.1) is 0 Å². The van der Waals surface area contributed by atoms with Crippen LogP contribution in [0, 0.1) is 10.8 Å². The predicted molar refractivity (Wildman–Crippen MR) is 126 cm³/mol. The topological polar surface area (TPSA) is 124 Å². The van der Waals surface area contributed by atoms with Crippen LogP contribution in [-0.4, -0.2) is 62.9 Å². The minimum Gasteiger partial charge on any atom is -0.465 e. The minimum atomic E-state index is -4.31. The Hall–Kier alpha value is -0.760. The molecule has 0 radical (unpaired) electrons. The van der Waals surface area contributed by atoms with E-state index in [9.17, 15) is 18.7 Å². The number of rotatable bonds is 11. The average molecular weight is 527 g/mol. The molecule has 0 bridgehead atoms. The van der Waals surface area contributed by atoms with E-state index in [1.54, 1.807) is 13.8 Å². The first-order chi connectivity index (χ1) is 16.0. The van der Waals surface area contributed by atoms with Crippen LogP contribution in [-0.2, 0) is 46.3 Å². The van der Waals surface area contributed by atoms with Crippen molar-refractivity contribution in [1.29, 1.82) is 0 Å². The summed E-state index contributed by atoms with van der Waals surface area (Å²) in [5.74, 6) is -2.07. The second kappa shape index (κ2) is 12.0. The Morgan fingerprint density at radius 2 is 0.912 bits per heavy atom. The Bertz CT molecular complexity index is 712. The van der Waals surface area contributed by atoms with Gasteiger partial charge < -0.3 is 27.6 Å². The molecule has 0 aromatic rings. The van der Waals surface area contributed by atoms with Gasteiger partial charge in [-0.2, -0.15) is 0 Å². The normalized spacial score (nSPS) is 24.5. The van der Waals surface area contributed by atoms with E-state index in [2.05, 4.69) is 0 Å². The van der Waals surface area contributed by atoms with Crippen molar-refractivity contribution in [1.82, 2.24) is 0 Å². The number of esters is 2. The molecule has 2 fully saturated rings. The van der Waals surface area contributed by atoms with Gasteiger partial charge in [-0.3, -0.25) is 18.7 Å². The van der Waals surface area contributed by atoms with E-state index in [4.69, 9.17) is 27.6 Å². The first-order valence-electron chi connectivity index (χ1n) is 12.1. The zero-order valence-electron chi connectivity index (χ0n) is 21.2. The van der Waals surface area contributed by atoms with Crippen molar-refractivity contribution in [2.75, 3.05) is 39.6 Å². The molecule has 2 rings (SSSR count). The van der Waals surface area contributed by atoms with Gasteiger partial charge in [0.15, 0.2) is 11.3 Å². The summed E-state index contributed by atoms with van der Waals surface area (Å²) in [4.78, 5) is 26.3. The van der Waals surface area contributed by atoms with Crippen molar-refractivity contribution in [2.45, 2.75) is 78.5 Å². The van der Waals surface area contributed by atoms with Crippen molar-refractivity contribution in [2.24, 2.45) is 10.8 Å². The molecule has 2 aliphatic heterocycles. The van der Waals surface area contributed by atoms with E-state index in [0.29, 0.717) is 25.7 Å². The van der Waals surface area contributed by atoms with E-state index in [-0.39, 0.29) is 50.5 Å². The van der Waals surface area contributed by atoms with Crippen molar-refractivity contribution in [3.63, 3.8) is 0 Å². The number of ether oxygens (including phenoxy) is 2. The van der Waals surface area contributed by atoms with Crippen molar-refractivity contribution < 1.29 is 46.3 Å². The Kier molecular flexibility index (Phi) is 10.4. The van der Waals surface area contributed by atoms with Crippen LogP contribution in [0.1, 0.15) is 67.2 Å². The highest BCUT2D eigenvalue weighted by Gasteiger charge is 2.63. The summed E-state index contributed by atoms with van der Waals surface area (Å²) in [5.41, 5.74) is -4.45. The Balaban J connectivity index is 2.51. The number of hydrogen-bond donors (Lipinski definition) is 0. The molecular formula is C22H40O10P2. The zero-order chi connectivity index (χ0) is 25.6. The van der Waals surface area contributed by atoms with Crippen LogP contribution in [0.3, 0.4) is 0 Å². The molecule has 12 heteroatoms. The highest BCUT2D eigenvalue weighted by atomic mass is 31.2. The van der Waals surface area contributed by atoms with E-state index < -0.39 is 38.4 Å². The maximum Gasteiger partial charge on any atom is 0.346 e. The Labute approximate surface area is 202 Å². The molecule has 2 unspecified atom stereocenters. The fraction of sp³-hybridized carbons (Fsp3) is 0.909. The van der Waals surface area contributed by atoms with Crippen molar-refractivity contribution in [3.05, 3.63) is 0 Å². The second-order valence-corrected chi connectivity index (χ2v) is 13.3. The molecule has 10 nitrogen and oxygen atoms in total. The summed E-state index contributed by atoms with van der Waals surface area (Å²) in [6.07, 6.45) is 2.82. The maximum atomic E-state index is 14.0. The molecule has 2 saturated heterocycles. The van der Waals surface area contributed by atoms with Crippen LogP contribution in [0.15, 0.2) is 0 Å². The van der Waals surface area contributed by atoms with Crippen LogP contribution >= 0.6 is 15.2 Å². The van der Waals surface area contributed by atoms with Gasteiger partial charge in [0.05, 0.1) is 39.6 Å². The van der Waals surface area contributed by atoms with E-state index in [0.717, 1.165) is 0 Å². The van der Waals surface area contributed by atoms with Crippen LogP contribution in [0.4, 0.5) is 0 Å². The molecule has 0 amide bonds. The molecule has 0 aromatic carbocycles. The number of carbonyl (C=O) groups excluding carboxylic acids is 2. The average Bonchev–Trinajstić information content (AvgIpc) is 2.84. The van der Waals surface area contributed by atoms with Gasteiger partial charge >= 0.3 is 27.1 Å². The Morgan fingerprint density at radius 1 is 0.647 bits per heavy atom. The molecule has 0 spiro atoms. The van der Waals surface area contributed by atoms with Crippen LogP contribution in [0.2, 0.25) is 0 Å². The summed E-state index contributed by atoms with van der Waals surface area (Å²) in [6, 6.07) is 0. The van der Waals surface area contributed by atoms with Crippen LogP contribution < -0.4 is 0 Å². The molecule has 34 heavy (non-hydrogen) atoms. The molecule has 2 heterocycles. The van der Waals surface area contributed by atoms with E-state index in [1.165, 1.54) is 0 Å². The standard InChI is InChI=1S/C22H40O10P2/c1-7-21(8-2)13-29-33(25,30-14-21)17(19(23)27-11-5)18(20(24)28-12-6)34(26)31-15-22(9-3,10-4)16-32-34/h17-18H,7-16H2,1-6H3. The molecule has 2 aliphatic rings. The van der Waals surface area contributed by atoms with Crippen LogP contribution in [0.5, 0.6) is 0 Å².